The summed E-state index contributed by atoms with van der Waals surface area (Å²) in [5.74, 6) is 0.886. The summed E-state index contributed by atoms with van der Waals surface area (Å²) in [7, 11) is 2.98. The highest BCUT2D eigenvalue weighted by Crippen LogP contribution is 2.28. The zero-order valence-corrected chi connectivity index (χ0v) is 18.6. The van der Waals surface area contributed by atoms with Gasteiger partial charge in [0.15, 0.2) is 10.7 Å². The van der Waals surface area contributed by atoms with Gasteiger partial charge < -0.3 is 19.2 Å². The molecule has 1 aromatic heterocycles. The minimum atomic E-state index is -0.435. The molecule has 0 aliphatic heterocycles. The minimum Gasteiger partial charge on any atom is -0.496 e. The fraction of sp³-hybridized carbons (Fsp3) is 0.125. The molecule has 0 bridgehead atoms. The van der Waals surface area contributed by atoms with E-state index in [0.717, 1.165) is 22.2 Å². The largest absolute Gasteiger partial charge is 0.496 e. The van der Waals surface area contributed by atoms with Crippen LogP contribution < -0.4 is 20.1 Å². The van der Waals surface area contributed by atoms with Crippen LogP contribution in [0, 0.1) is 6.92 Å². The molecule has 7 nitrogen and oxygen atoms in total. The van der Waals surface area contributed by atoms with E-state index in [0.29, 0.717) is 23.1 Å². The molecule has 0 aliphatic carbocycles. The first-order valence-electron chi connectivity index (χ1n) is 9.79. The topological polar surface area (TPSA) is 85.6 Å². The van der Waals surface area contributed by atoms with E-state index in [-0.39, 0.29) is 10.7 Å². The number of oxazole rings is 1. The van der Waals surface area contributed by atoms with Crippen molar-refractivity contribution in [1.82, 2.24) is 10.3 Å². The molecular formula is C24H21N3O4S. The van der Waals surface area contributed by atoms with E-state index in [2.05, 4.69) is 15.6 Å². The maximum Gasteiger partial charge on any atom is 0.264 e. The van der Waals surface area contributed by atoms with Gasteiger partial charge in [-0.05, 0) is 73.2 Å². The molecule has 4 aromatic rings. The van der Waals surface area contributed by atoms with E-state index < -0.39 is 5.91 Å². The second-order valence-electron chi connectivity index (χ2n) is 7.01. The zero-order chi connectivity index (χ0) is 22.7. The number of ether oxygens (including phenoxy) is 2. The molecule has 1 amide bonds. The summed E-state index contributed by atoms with van der Waals surface area (Å²) >= 11 is 5.30. The number of aryl methyl sites for hydroxylation is 1. The van der Waals surface area contributed by atoms with Crippen molar-refractivity contribution >= 4 is 40.0 Å². The van der Waals surface area contributed by atoms with Crippen LogP contribution in [-0.4, -0.2) is 30.2 Å². The van der Waals surface area contributed by atoms with E-state index in [4.69, 9.17) is 26.1 Å². The monoisotopic (exact) mass is 447 g/mol. The quantitative estimate of drug-likeness (QED) is 0.419. The Bertz CT molecular complexity index is 1280. The number of rotatable bonds is 5. The zero-order valence-electron chi connectivity index (χ0n) is 17.8. The van der Waals surface area contributed by atoms with Crippen molar-refractivity contribution in [1.29, 1.82) is 0 Å². The van der Waals surface area contributed by atoms with Crippen LogP contribution in [0.5, 0.6) is 11.5 Å². The van der Waals surface area contributed by atoms with Gasteiger partial charge in [-0.25, -0.2) is 4.98 Å². The smallest absolute Gasteiger partial charge is 0.264 e. The summed E-state index contributed by atoms with van der Waals surface area (Å²) in [6.45, 7) is 2.01. The lowest BCUT2D eigenvalue weighted by Crippen LogP contribution is -2.34. The molecular weight excluding hydrogens is 426 g/mol. The molecule has 0 saturated carbocycles. The summed E-state index contributed by atoms with van der Waals surface area (Å²) in [6.07, 6.45) is 0. The third-order valence-electron chi connectivity index (χ3n) is 4.82. The molecule has 0 radical (unpaired) electrons. The summed E-state index contributed by atoms with van der Waals surface area (Å²) < 4.78 is 16.4. The Morgan fingerprint density at radius 3 is 2.34 bits per heavy atom. The highest BCUT2D eigenvalue weighted by Gasteiger charge is 2.19. The summed E-state index contributed by atoms with van der Waals surface area (Å²) in [5.41, 5.74) is 4.47. The molecule has 2 N–H and O–H groups in total. The normalized spacial score (nSPS) is 10.6. The Labute approximate surface area is 190 Å². The molecule has 32 heavy (non-hydrogen) atoms. The fourth-order valence-corrected chi connectivity index (χ4v) is 3.46. The van der Waals surface area contributed by atoms with Crippen LogP contribution in [0.15, 0.2) is 65.1 Å². The average Bonchev–Trinajstić information content (AvgIpc) is 3.21. The van der Waals surface area contributed by atoms with Gasteiger partial charge in [0.05, 0.1) is 14.2 Å². The molecule has 8 heteroatoms. The Morgan fingerprint density at radius 2 is 1.69 bits per heavy atom. The van der Waals surface area contributed by atoms with Gasteiger partial charge >= 0.3 is 0 Å². The molecule has 0 aliphatic rings. The number of carbonyl (C=O) groups is 1. The Balaban J connectivity index is 1.45. The number of anilines is 1. The van der Waals surface area contributed by atoms with Crippen molar-refractivity contribution in [2.75, 3.05) is 19.5 Å². The lowest BCUT2D eigenvalue weighted by atomic mass is 10.1. The molecule has 1 heterocycles. The number of aromatic nitrogens is 1. The van der Waals surface area contributed by atoms with Crippen LogP contribution in [0.1, 0.15) is 15.9 Å². The van der Waals surface area contributed by atoms with Crippen molar-refractivity contribution in [2.24, 2.45) is 0 Å². The highest BCUT2D eigenvalue weighted by atomic mass is 32.1. The number of thiocarbonyl (C=S) groups is 1. The molecule has 4 rings (SSSR count). The number of nitrogens with zero attached hydrogens (tertiary/aromatic N) is 1. The number of nitrogens with one attached hydrogen (secondary N) is 2. The van der Waals surface area contributed by atoms with Crippen molar-refractivity contribution in [2.45, 2.75) is 6.92 Å². The fourth-order valence-electron chi connectivity index (χ4n) is 3.25. The number of methoxy groups -OCH3 is 2. The maximum absolute atomic E-state index is 12.7. The molecule has 0 saturated heterocycles. The lowest BCUT2D eigenvalue weighted by Gasteiger charge is -2.14. The average molecular weight is 448 g/mol. The van der Waals surface area contributed by atoms with Gasteiger partial charge in [0.2, 0.25) is 5.89 Å². The van der Waals surface area contributed by atoms with Gasteiger partial charge in [0, 0.05) is 11.3 Å². The molecule has 3 aromatic carbocycles. The van der Waals surface area contributed by atoms with Gasteiger partial charge in [0.1, 0.15) is 22.6 Å². The first-order chi connectivity index (χ1) is 15.5. The first-order valence-corrected chi connectivity index (χ1v) is 10.2. The van der Waals surface area contributed by atoms with Crippen molar-refractivity contribution in [3.63, 3.8) is 0 Å². The van der Waals surface area contributed by atoms with Crippen LogP contribution in [0.2, 0.25) is 0 Å². The second kappa shape index (κ2) is 9.07. The summed E-state index contributed by atoms with van der Waals surface area (Å²) in [4.78, 5) is 17.3. The van der Waals surface area contributed by atoms with E-state index in [1.807, 2.05) is 49.4 Å². The third-order valence-corrected chi connectivity index (χ3v) is 5.02. The number of carbonyl (C=O) groups excluding carboxylic acids is 1. The Morgan fingerprint density at radius 1 is 1.00 bits per heavy atom. The predicted octanol–water partition coefficient (Wildman–Crippen LogP) is 4.95. The molecule has 0 fully saturated rings. The van der Waals surface area contributed by atoms with Crippen LogP contribution >= 0.6 is 12.2 Å². The number of amides is 1. The summed E-state index contributed by atoms with van der Waals surface area (Å²) in [5, 5.41) is 5.80. The molecule has 0 atom stereocenters. The third kappa shape index (κ3) is 4.40. The van der Waals surface area contributed by atoms with Gasteiger partial charge in [-0.1, -0.05) is 12.1 Å². The van der Waals surface area contributed by atoms with Crippen LogP contribution in [0.25, 0.3) is 22.6 Å². The van der Waals surface area contributed by atoms with Gasteiger partial charge in [-0.2, -0.15) is 0 Å². The number of hydrogen-bond donors (Lipinski definition) is 2. The predicted molar refractivity (Wildman–Crippen MR) is 127 cm³/mol. The van der Waals surface area contributed by atoms with Gasteiger partial charge in [0.25, 0.3) is 5.91 Å². The number of benzene rings is 3. The van der Waals surface area contributed by atoms with Crippen molar-refractivity contribution in [3.05, 3.63) is 71.8 Å². The Kier molecular flexibility index (Phi) is 6.04. The van der Waals surface area contributed by atoms with Crippen LogP contribution in [-0.2, 0) is 0 Å². The molecule has 0 spiro atoms. The SMILES string of the molecule is COc1cccc(OC)c1C(=O)NC(=S)Nc1ccc(-c2nc3ccc(C)cc3o2)cc1. The van der Waals surface area contributed by atoms with Gasteiger partial charge in [-0.3, -0.25) is 10.1 Å². The minimum absolute atomic E-state index is 0.146. The van der Waals surface area contributed by atoms with E-state index >= 15 is 0 Å². The molecule has 162 valence electrons. The van der Waals surface area contributed by atoms with Crippen molar-refractivity contribution in [3.8, 4) is 23.0 Å². The first kappa shape index (κ1) is 21.3. The van der Waals surface area contributed by atoms with E-state index in [1.54, 1.807) is 18.2 Å². The standard InChI is InChI=1S/C24H21N3O4S/c1-14-7-12-17-20(13-14)31-23(26-17)15-8-10-16(11-9-15)25-24(32)27-22(28)21-18(29-2)5-4-6-19(21)30-3/h4-13H,1-3H3,(H2,25,27,28,32). The second-order valence-corrected chi connectivity index (χ2v) is 7.42. The van der Waals surface area contributed by atoms with Crippen molar-refractivity contribution < 1.29 is 18.7 Å². The molecule has 0 unspecified atom stereocenters. The van der Waals surface area contributed by atoms with Crippen LogP contribution in [0.3, 0.4) is 0 Å². The van der Waals surface area contributed by atoms with Crippen LogP contribution in [0.4, 0.5) is 5.69 Å². The Hall–Kier alpha value is -3.91. The number of fused-ring (bicyclic) bond motifs is 1. The van der Waals surface area contributed by atoms with E-state index in [1.165, 1.54) is 14.2 Å². The van der Waals surface area contributed by atoms with E-state index in [9.17, 15) is 4.79 Å². The lowest BCUT2D eigenvalue weighted by molar-refractivity contribution is 0.0971. The number of hydrogen-bond acceptors (Lipinski definition) is 6. The maximum atomic E-state index is 12.7. The summed E-state index contributed by atoms with van der Waals surface area (Å²) in [6, 6.07) is 18.4. The highest BCUT2D eigenvalue weighted by molar-refractivity contribution is 7.80. The van der Waals surface area contributed by atoms with Gasteiger partial charge in [-0.15, -0.1) is 0 Å².